The Balaban J connectivity index is 1.54. The summed E-state index contributed by atoms with van der Waals surface area (Å²) in [7, 11) is 0. The van der Waals surface area contributed by atoms with E-state index in [-0.39, 0.29) is 34.5 Å². The number of amides is 2. The zero-order chi connectivity index (χ0) is 22.2. The minimum absolute atomic E-state index is 0.0503. The number of hydrazine groups is 2. The van der Waals surface area contributed by atoms with Gasteiger partial charge in [-0.3, -0.25) is 31.3 Å². The van der Waals surface area contributed by atoms with Crippen molar-refractivity contribution in [3.05, 3.63) is 70.5 Å². The highest BCUT2D eigenvalue weighted by Gasteiger charge is 2.13. The molecule has 0 saturated carbocycles. The van der Waals surface area contributed by atoms with E-state index in [1.54, 1.807) is 24.3 Å². The number of rotatable bonds is 8. The Morgan fingerprint density at radius 3 is 2.32 bits per heavy atom. The number of halogens is 2. The number of anilines is 3. The maximum atomic E-state index is 12.3. The molecule has 2 amide bonds. The van der Waals surface area contributed by atoms with Crippen molar-refractivity contribution in [1.82, 2.24) is 20.8 Å². The van der Waals surface area contributed by atoms with Gasteiger partial charge in [-0.2, -0.15) is 0 Å². The van der Waals surface area contributed by atoms with E-state index in [2.05, 4.69) is 31.7 Å². The smallest absolute Gasteiger partial charge is 0.276 e. The van der Waals surface area contributed by atoms with Gasteiger partial charge < -0.3 is 10.5 Å². The van der Waals surface area contributed by atoms with Gasteiger partial charge in [0.25, 0.3) is 11.8 Å². The zero-order valence-electron chi connectivity index (χ0n) is 15.9. The van der Waals surface area contributed by atoms with Crippen LogP contribution in [0.4, 0.5) is 17.3 Å². The van der Waals surface area contributed by atoms with E-state index in [1.807, 2.05) is 6.07 Å². The second-order valence-corrected chi connectivity index (χ2v) is 6.81. The summed E-state index contributed by atoms with van der Waals surface area (Å²) in [4.78, 5) is 32.1. The molecule has 2 aromatic carbocycles. The Bertz CT molecular complexity index is 1080. The highest BCUT2D eigenvalue weighted by Crippen LogP contribution is 2.22. The van der Waals surface area contributed by atoms with Crippen LogP contribution >= 0.6 is 23.2 Å². The standard InChI is InChI=1S/C19H17Cl2N7O3/c20-11-6-7-13(14(21)8-11)19(30)28-27-18-16(22)17(23-10-24-18)26-25-15(29)9-31-12-4-2-1-3-5-12/h1-8,10H,9,22H2,(H,25,29)(H,28,30)(H2,23,24,26,27). The lowest BCUT2D eigenvalue weighted by molar-refractivity contribution is -0.122. The van der Waals surface area contributed by atoms with Gasteiger partial charge in [0.05, 0.1) is 10.6 Å². The van der Waals surface area contributed by atoms with Gasteiger partial charge >= 0.3 is 0 Å². The van der Waals surface area contributed by atoms with Crippen molar-refractivity contribution in [2.75, 3.05) is 23.2 Å². The highest BCUT2D eigenvalue weighted by atomic mass is 35.5. The van der Waals surface area contributed by atoms with Crippen LogP contribution in [0.3, 0.4) is 0 Å². The number of carbonyl (C=O) groups excluding carboxylic acids is 2. The van der Waals surface area contributed by atoms with Crippen LogP contribution in [0, 0.1) is 0 Å². The summed E-state index contributed by atoms with van der Waals surface area (Å²) < 4.78 is 5.34. The number of nitrogens with two attached hydrogens (primary N) is 1. The molecule has 3 aromatic rings. The Kier molecular flexibility index (Phi) is 7.31. The summed E-state index contributed by atoms with van der Waals surface area (Å²) in [5.41, 5.74) is 16.2. The quantitative estimate of drug-likeness (QED) is 0.322. The molecule has 31 heavy (non-hydrogen) atoms. The van der Waals surface area contributed by atoms with Crippen LogP contribution in [0.15, 0.2) is 54.9 Å². The molecule has 3 rings (SSSR count). The number of benzene rings is 2. The summed E-state index contributed by atoms with van der Waals surface area (Å²) in [5, 5.41) is 0.590. The SMILES string of the molecule is Nc1c(NNC(=O)COc2ccccc2)ncnc1NNC(=O)c1ccc(Cl)cc1Cl. The maximum absolute atomic E-state index is 12.3. The number of carbonyl (C=O) groups is 2. The third-order valence-electron chi connectivity index (χ3n) is 3.79. The maximum Gasteiger partial charge on any atom is 0.276 e. The molecule has 0 spiro atoms. The average Bonchev–Trinajstić information content (AvgIpc) is 2.76. The van der Waals surface area contributed by atoms with Crippen LogP contribution in [-0.4, -0.2) is 28.4 Å². The molecule has 160 valence electrons. The lowest BCUT2D eigenvalue weighted by atomic mass is 10.2. The van der Waals surface area contributed by atoms with Crippen LogP contribution < -0.4 is 32.2 Å². The van der Waals surface area contributed by atoms with Crippen molar-refractivity contribution in [2.24, 2.45) is 0 Å². The second kappa shape index (κ2) is 10.3. The third kappa shape index (κ3) is 6.11. The first-order valence-corrected chi connectivity index (χ1v) is 9.54. The van der Waals surface area contributed by atoms with E-state index in [1.165, 1.54) is 24.5 Å². The molecule has 0 radical (unpaired) electrons. The summed E-state index contributed by atoms with van der Waals surface area (Å²) in [6.45, 7) is -0.217. The second-order valence-electron chi connectivity index (χ2n) is 5.96. The highest BCUT2D eigenvalue weighted by molar-refractivity contribution is 6.36. The van der Waals surface area contributed by atoms with Gasteiger partial charge in [0, 0.05) is 5.02 Å². The summed E-state index contributed by atoms with van der Waals surface area (Å²) >= 11 is 11.8. The van der Waals surface area contributed by atoms with Gasteiger partial charge in [-0.25, -0.2) is 9.97 Å². The molecule has 0 bridgehead atoms. The molecular formula is C19H17Cl2N7O3. The van der Waals surface area contributed by atoms with E-state index >= 15 is 0 Å². The summed E-state index contributed by atoms with van der Waals surface area (Å²) in [5.74, 6) is -0.208. The third-order valence-corrected chi connectivity index (χ3v) is 4.34. The number of aromatic nitrogens is 2. The van der Waals surface area contributed by atoms with Crippen molar-refractivity contribution in [3.63, 3.8) is 0 Å². The first-order valence-electron chi connectivity index (χ1n) is 8.78. The van der Waals surface area contributed by atoms with Crippen LogP contribution in [0.5, 0.6) is 5.75 Å². The van der Waals surface area contributed by atoms with Gasteiger partial charge in [0.15, 0.2) is 18.2 Å². The largest absolute Gasteiger partial charge is 0.484 e. The van der Waals surface area contributed by atoms with Gasteiger partial charge in [0.2, 0.25) is 0 Å². The normalized spacial score (nSPS) is 10.1. The van der Waals surface area contributed by atoms with Crippen molar-refractivity contribution in [2.45, 2.75) is 0 Å². The Labute approximate surface area is 187 Å². The molecule has 0 fully saturated rings. The fraction of sp³-hybridized carbons (Fsp3) is 0.0526. The minimum atomic E-state index is -0.527. The van der Waals surface area contributed by atoms with E-state index in [0.717, 1.165) is 0 Å². The zero-order valence-corrected chi connectivity index (χ0v) is 17.4. The minimum Gasteiger partial charge on any atom is -0.484 e. The van der Waals surface area contributed by atoms with Gasteiger partial charge in [-0.15, -0.1) is 0 Å². The number of nitrogen functional groups attached to an aromatic ring is 1. The number of hydrogen-bond acceptors (Lipinski definition) is 8. The van der Waals surface area contributed by atoms with Crippen molar-refractivity contribution >= 4 is 52.3 Å². The van der Waals surface area contributed by atoms with Crippen LogP contribution in [0.1, 0.15) is 10.4 Å². The number of hydrogen-bond donors (Lipinski definition) is 5. The van der Waals surface area contributed by atoms with Crippen molar-refractivity contribution in [1.29, 1.82) is 0 Å². The average molecular weight is 462 g/mol. The monoisotopic (exact) mass is 461 g/mol. The summed E-state index contributed by atoms with van der Waals surface area (Å²) in [6, 6.07) is 13.3. The molecule has 12 heteroatoms. The fourth-order valence-corrected chi connectivity index (χ4v) is 2.78. The molecule has 0 aliphatic rings. The van der Waals surface area contributed by atoms with E-state index < -0.39 is 11.8 Å². The first-order chi connectivity index (χ1) is 14.9. The molecule has 0 aliphatic carbocycles. The predicted octanol–water partition coefficient (Wildman–Crippen LogP) is 2.64. The molecule has 1 aromatic heterocycles. The molecule has 0 aliphatic heterocycles. The topological polar surface area (TPSA) is 143 Å². The molecule has 0 saturated heterocycles. The van der Waals surface area contributed by atoms with Crippen LogP contribution in [0.2, 0.25) is 10.0 Å². The Morgan fingerprint density at radius 2 is 1.65 bits per heavy atom. The lowest BCUT2D eigenvalue weighted by Gasteiger charge is -2.14. The van der Waals surface area contributed by atoms with Crippen molar-refractivity contribution < 1.29 is 14.3 Å². The van der Waals surface area contributed by atoms with Gasteiger partial charge in [0.1, 0.15) is 17.8 Å². The number of para-hydroxylation sites is 1. The lowest BCUT2D eigenvalue weighted by Crippen LogP contribution is -2.35. The van der Waals surface area contributed by atoms with Crippen LogP contribution in [0.25, 0.3) is 0 Å². The molecule has 0 unspecified atom stereocenters. The Hall–Kier alpha value is -3.76. The Morgan fingerprint density at radius 1 is 0.968 bits per heavy atom. The summed E-state index contributed by atoms with van der Waals surface area (Å²) in [6.07, 6.45) is 1.19. The number of nitrogens with zero attached hydrogens (tertiary/aromatic N) is 2. The van der Waals surface area contributed by atoms with Crippen LogP contribution in [-0.2, 0) is 4.79 Å². The number of nitrogens with one attached hydrogen (secondary N) is 4. The molecular weight excluding hydrogens is 445 g/mol. The van der Waals surface area contributed by atoms with E-state index in [9.17, 15) is 9.59 Å². The molecule has 1 heterocycles. The molecule has 6 N–H and O–H groups in total. The molecule has 10 nitrogen and oxygen atoms in total. The van der Waals surface area contributed by atoms with E-state index in [4.69, 9.17) is 33.7 Å². The molecule has 0 atom stereocenters. The fourth-order valence-electron chi connectivity index (χ4n) is 2.28. The van der Waals surface area contributed by atoms with E-state index in [0.29, 0.717) is 10.8 Å². The van der Waals surface area contributed by atoms with Gasteiger partial charge in [-0.05, 0) is 30.3 Å². The van der Waals surface area contributed by atoms with Gasteiger partial charge in [-0.1, -0.05) is 41.4 Å². The van der Waals surface area contributed by atoms with Crippen molar-refractivity contribution in [3.8, 4) is 5.75 Å². The predicted molar refractivity (Wildman–Crippen MR) is 118 cm³/mol. The first kappa shape index (κ1) is 21.9. The number of ether oxygens (including phenoxy) is 1.